The summed E-state index contributed by atoms with van der Waals surface area (Å²) in [5.74, 6) is 0.450. The highest BCUT2D eigenvalue weighted by molar-refractivity contribution is 6.35. The second-order valence-electron chi connectivity index (χ2n) is 3.56. The van der Waals surface area contributed by atoms with Crippen molar-refractivity contribution < 1.29 is 0 Å². The summed E-state index contributed by atoms with van der Waals surface area (Å²) in [5, 5.41) is 1.57. The van der Waals surface area contributed by atoms with Gasteiger partial charge in [0.1, 0.15) is 5.82 Å². The number of nitrogens with two attached hydrogens (primary N) is 2. The number of para-hydroxylation sites is 1. The van der Waals surface area contributed by atoms with Gasteiger partial charge < -0.3 is 11.5 Å². The van der Waals surface area contributed by atoms with Gasteiger partial charge in [0.05, 0.1) is 10.5 Å². The summed E-state index contributed by atoms with van der Waals surface area (Å²) in [5.41, 5.74) is 13.2. The van der Waals surface area contributed by atoms with E-state index in [1.54, 1.807) is 6.07 Å². The zero-order valence-corrected chi connectivity index (χ0v) is 9.12. The van der Waals surface area contributed by atoms with Gasteiger partial charge in [0.25, 0.3) is 0 Å². The first-order chi connectivity index (χ1) is 7.09. The molecule has 1 atom stereocenters. The third-order valence-electron chi connectivity index (χ3n) is 2.35. The zero-order valence-electron chi connectivity index (χ0n) is 8.37. The van der Waals surface area contributed by atoms with Gasteiger partial charge in [-0.25, -0.2) is 4.98 Å². The fourth-order valence-corrected chi connectivity index (χ4v) is 1.78. The molecule has 0 aliphatic rings. The number of aromatic nitrogens is 1. The molecule has 1 aromatic heterocycles. The summed E-state index contributed by atoms with van der Waals surface area (Å²) < 4.78 is 0. The molecule has 0 saturated heterocycles. The topological polar surface area (TPSA) is 64.9 Å². The molecule has 78 valence electrons. The first kappa shape index (κ1) is 10.2. The van der Waals surface area contributed by atoms with Gasteiger partial charge in [-0.1, -0.05) is 23.7 Å². The maximum Gasteiger partial charge on any atom is 0.128 e. The predicted octanol–water partition coefficient (Wildman–Crippen LogP) is 2.49. The smallest absolute Gasteiger partial charge is 0.128 e. The van der Waals surface area contributed by atoms with Crippen molar-refractivity contribution in [3.05, 3.63) is 34.9 Å². The SMILES string of the molecule is CC(N)c1cc2cccc(Cl)c2nc1N. The maximum atomic E-state index is 6.01. The lowest BCUT2D eigenvalue weighted by Gasteiger charge is -2.10. The summed E-state index contributed by atoms with van der Waals surface area (Å²) in [7, 11) is 0. The largest absolute Gasteiger partial charge is 0.383 e. The highest BCUT2D eigenvalue weighted by Crippen LogP contribution is 2.26. The van der Waals surface area contributed by atoms with E-state index in [1.807, 2.05) is 25.1 Å². The molecular formula is C11H12ClN3. The number of rotatable bonds is 1. The molecule has 1 aromatic carbocycles. The number of hydrogen-bond donors (Lipinski definition) is 2. The summed E-state index contributed by atoms with van der Waals surface area (Å²) >= 11 is 6.01. The van der Waals surface area contributed by atoms with Gasteiger partial charge in [0.2, 0.25) is 0 Å². The van der Waals surface area contributed by atoms with Crippen molar-refractivity contribution in [2.75, 3.05) is 5.73 Å². The fourth-order valence-electron chi connectivity index (χ4n) is 1.56. The first-order valence-corrected chi connectivity index (χ1v) is 5.07. The van der Waals surface area contributed by atoms with E-state index in [-0.39, 0.29) is 6.04 Å². The van der Waals surface area contributed by atoms with E-state index in [0.717, 1.165) is 16.5 Å². The minimum atomic E-state index is -0.124. The Morgan fingerprint density at radius 3 is 2.80 bits per heavy atom. The number of nitrogens with zero attached hydrogens (tertiary/aromatic N) is 1. The molecule has 0 aliphatic carbocycles. The minimum Gasteiger partial charge on any atom is -0.383 e. The molecule has 0 saturated carbocycles. The van der Waals surface area contributed by atoms with Gasteiger partial charge in [-0.15, -0.1) is 0 Å². The second-order valence-corrected chi connectivity index (χ2v) is 3.97. The van der Waals surface area contributed by atoms with Crippen molar-refractivity contribution in [1.82, 2.24) is 4.98 Å². The zero-order chi connectivity index (χ0) is 11.0. The number of anilines is 1. The first-order valence-electron chi connectivity index (χ1n) is 4.70. The number of benzene rings is 1. The van der Waals surface area contributed by atoms with Crippen molar-refractivity contribution in [2.45, 2.75) is 13.0 Å². The van der Waals surface area contributed by atoms with Gasteiger partial charge in [-0.05, 0) is 19.1 Å². The van der Waals surface area contributed by atoms with Crippen LogP contribution in [0.2, 0.25) is 5.02 Å². The van der Waals surface area contributed by atoms with E-state index in [9.17, 15) is 0 Å². The molecule has 4 heteroatoms. The van der Waals surface area contributed by atoms with Gasteiger partial charge >= 0.3 is 0 Å². The molecule has 0 spiro atoms. The Kier molecular flexibility index (Phi) is 2.50. The lowest BCUT2D eigenvalue weighted by atomic mass is 10.1. The van der Waals surface area contributed by atoms with Crippen LogP contribution in [0.25, 0.3) is 10.9 Å². The van der Waals surface area contributed by atoms with E-state index in [4.69, 9.17) is 23.1 Å². The van der Waals surface area contributed by atoms with E-state index in [0.29, 0.717) is 10.8 Å². The standard InChI is InChI=1S/C11H12ClN3/c1-6(13)8-5-7-3-2-4-9(12)10(7)15-11(8)14/h2-6H,13H2,1H3,(H2,14,15). The Morgan fingerprint density at radius 1 is 1.40 bits per heavy atom. The fraction of sp³-hybridized carbons (Fsp3) is 0.182. The molecule has 0 aliphatic heterocycles. The lowest BCUT2D eigenvalue weighted by molar-refractivity contribution is 0.818. The molecule has 1 heterocycles. The van der Waals surface area contributed by atoms with Gasteiger partial charge in [-0.2, -0.15) is 0 Å². The average Bonchev–Trinajstić information content (AvgIpc) is 2.18. The Morgan fingerprint density at radius 2 is 2.13 bits per heavy atom. The van der Waals surface area contributed by atoms with Gasteiger partial charge in [0.15, 0.2) is 0 Å². The average molecular weight is 222 g/mol. The van der Waals surface area contributed by atoms with Crippen LogP contribution < -0.4 is 11.5 Å². The van der Waals surface area contributed by atoms with E-state index >= 15 is 0 Å². The van der Waals surface area contributed by atoms with Crippen LogP contribution in [-0.4, -0.2) is 4.98 Å². The highest BCUT2D eigenvalue weighted by Gasteiger charge is 2.09. The minimum absolute atomic E-state index is 0.124. The summed E-state index contributed by atoms with van der Waals surface area (Å²) in [4.78, 5) is 4.26. The van der Waals surface area contributed by atoms with Crippen LogP contribution in [0.5, 0.6) is 0 Å². The third kappa shape index (κ3) is 1.76. The molecular weight excluding hydrogens is 210 g/mol. The summed E-state index contributed by atoms with van der Waals surface area (Å²) in [6.45, 7) is 1.88. The Balaban J connectivity index is 2.76. The Hall–Kier alpha value is -1.32. The number of nitrogen functional groups attached to an aromatic ring is 1. The Bertz CT molecular complexity index is 508. The van der Waals surface area contributed by atoms with E-state index < -0.39 is 0 Å². The number of pyridine rings is 1. The molecule has 4 N–H and O–H groups in total. The molecule has 0 radical (unpaired) electrons. The molecule has 15 heavy (non-hydrogen) atoms. The summed E-state index contributed by atoms with van der Waals surface area (Å²) in [6, 6.07) is 7.43. The molecule has 0 fully saturated rings. The number of halogens is 1. The van der Waals surface area contributed by atoms with Crippen LogP contribution in [-0.2, 0) is 0 Å². The second kappa shape index (κ2) is 3.68. The lowest BCUT2D eigenvalue weighted by Crippen LogP contribution is -2.09. The van der Waals surface area contributed by atoms with Crippen molar-refractivity contribution in [3.8, 4) is 0 Å². The maximum absolute atomic E-state index is 6.01. The van der Waals surface area contributed by atoms with E-state index in [2.05, 4.69) is 4.98 Å². The van der Waals surface area contributed by atoms with Crippen LogP contribution in [0.1, 0.15) is 18.5 Å². The van der Waals surface area contributed by atoms with E-state index in [1.165, 1.54) is 0 Å². The molecule has 2 rings (SSSR count). The van der Waals surface area contributed by atoms with Gasteiger partial charge in [-0.3, -0.25) is 0 Å². The van der Waals surface area contributed by atoms with Crippen LogP contribution in [0.4, 0.5) is 5.82 Å². The molecule has 3 nitrogen and oxygen atoms in total. The number of hydrogen-bond acceptors (Lipinski definition) is 3. The highest BCUT2D eigenvalue weighted by atomic mass is 35.5. The molecule has 1 unspecified atom stereocenters. The van der Waals surface area contributed by atoms with Crippen LogP contribution in [0.3, 0.4) is 0 Å². The molecule has 0 bridgehead atoms. The van der Waals surface area contributed by atoms with Crippen molar-refractivity contribution in [3.63, 3.8) is 0 Å². The number of fused-ring (bicyclic) bond motifs is 1. The predicted molar refractivity (Wildman–Crippen MR) is 63.8 cm³/mol. The molecule has 2 aromatic rings. The normalized spacial score (nSPS) is 13.0. The third-order valence-corrected chi connectivity index (χ3v) is 2.65. The van der Waals surface area contributed by atoms with Crippen LogP contribution in [0.15, 0.2) is 24.3 Å². The summed E-state index contributed by atoms with van der Waals surface area (Å²) in [6.07, 6.45) is 0. The van der Waals surface area contributed by atoms with Crippen molar-refractivity contribution in [2.24, 2.45) is 5.73 Å². The van der Waals surface area contributed by atoms with Crippen LogP contribution in [0, 0.1) is 0 Å². The van der Waals surface area contributed by atoms with Crippen molar-refractivity contribution in [1.29, 1.82) is 0 Å². The Labute approximate surface area is 93.0 Å². The van der Waals surface area contributed by atoms with Crippen LogP contribution >= 0.6 is 11.6 Å². The van der Waals surface area contributed by atoms with Crippen molar-refractivity contribution >= 4 is 28.3 Å². The van der Waals surface area contributed by atoms with Gasteiger partial charge in [0, 0.05) is 17.0 Å². The monoisotopic (exact) mass is 221 g/mol. The molecule has 0 amide bonds. The quantitative estimate of drug-likeness (QED) is 0.778.